The number of aliphatic hydroxyl groups is 1. The Morgan fingerprint density at radius 1 is 0.849 bits per heavy atom. The molecule has 0 aromatic carbocycles. The minimum atomic E-state index is -0.541. The number of allylic oxidation sites excluding steroid dienone is 23. The number of nitrogens with zero attached hydrogens (tertiary/aromatic N) is 1. The number of Topliss-reactive ketones (excluding diaryl/α,β-unsaturated/α-hetero) is 1. The van der Waals surface area contributed by atoms with Gasteiger partial charge < -0.3 is 9.94 Å². The van der Waals surface area contributed by atoms with Gasteiger partial charge >= 0.3 is 5.97 Å². The fourth-order valence-electron chi connectivity index (χ4n) is 7.84. The highest BCUT2D eigenvalue weighted by molar-refractivity contribution is 6.20. The lowest BCUT2D eigenvalue weighted by atomic mass is 9.61. The summed E-state index contributed by atoms with van der Waals surface area (Å²) < 4.78 is 0. The largest absolute Gasteiger partial charge is 0.504 e. The molecule has 0 radical (unpaired) electrons. The number of carbonyl (C=O) groups is 3. The van der Waals surface area contributed by atoms with Crippen LogP contribution in [-0.2, 0) is 19.2 Å². The molecule has 2 unspecified atom stereocenters. The molecule has 4 aliphatic rings. The Bertz CT molecular complexity index is 1920. The van der Waals surface area contributed by atoms with Crippen molar-refractivity contribution in [1.29, 1.82) is 0 Å². The van der Waals surface area contributed by atoms with Crippen LogP contribution in [0.1, 0.15) is 107 Å². The van der Waals surface area contributed by atoms with Crippen molar-refractivity contribution >= 4 is 23.2 Å². The average molecular weight is 716 g/mol. The molecule has 0 saturated heterocycles. The Kier molecular flexibility index (Phi) is 13.7. The van der Waals surface area contributed by atoms with Crippen LogP contribution in [0.2, 0.25) is 0 Å². The van der Waals surface area contributed by atoms with E-state index in [0.717, 1.165) is 42.1 Å². The fourth-order valence-corrected chi connectivity index (χ4v) is 7.84. The Hall–Kier alpha value is -4.84. The summed E-state index contributed by atoms with van der Waals surface area (Å²) >= 11 is 0. The summed E-state index contributed by atoms with van der Waals surface area (Å²) in [6, 6.07) is 0. The normalized spacial score (nSPS) is 25.4. The molecule has 0 saturated carbocycles. The van der Waals surface area contributed by atoms with Crippen LogP contribution < -0.4 is 0 Å². The highest BCUT2D eigenvalue weighted by Crippen LogP contribution is 2.51. The summed E-state index contributed by atoms with van der Waals surface area (Å²) in [6.45, 7) is 19.9. The third-order valence-corrected chi connectivity index (χ3v) is 10.9. The summed E-state index contributed by atoms with van der Waals surface area (Å²) in [5.74, 6) is -1.26. The van der Waals surface area contributed by atoms with Crippen molar-refractivity contribution in [1.82, 2.24) is 0 Å². The number of hydrogen-bond acceptors (Lipinski definition) is 6. The zero-order chi connectivity index (χ0) is 38.9. The molecule has 6 nitrogen and oxygen atoms in total. The van der Waals surface area contributed by atoms with E-state index in [-0.39, 0.29) is 28.8 Å². The zero-order valence-electron chi connectivity index (χ0n) is 33.1. The Morgan fingerprint density at radius 3 is 2.09 bits per heavy atom. The molecule has 53 heavy (non-hydrogen) atoms. The van der Waals surface area contributed by atoms with Crippen LogP contribution in [0.25, 0.3) is 0 Å². The van der Waals surface area contributed by atoms with Crippen LogP contribution in [0, 0.1) is 16.7 Å². The summed E-state index contributed by atoms with van der Waals surface area (Å²) in [5, 5.41) is 13.5. The van der Waals surface area contributed by atoms with Gasteiger partial charge in [-0.15, -0.1) is 0 Å². The fraction of sp³-hybridized carbons (Fsp3) is 0.404. The highest BCUT2D eigenvalue weighted by atomic mass is 16.7. The number of oxime groups is 1. The molecule has 3 aliphatic carbocycles. The van der Waals surface area contributed by atoms with E-state index in [1.165, 1.54) is 53.2 Å². The molecule has 0 aromatic heterocycles. The van der Waals surface area contributed by atoms with E-state index in [2.05, 4.69) is 88.8 Å². The predicted molar refractivity (Wildman–Crippen MR) is 217 cm³/mol. The van der Waals surface area contributed by atoms with Gasteiger partial charge in [0, 0.05) is 11.6 Å². The standard InChI is InChI=1S/C47H57NO5/c1-31(14-11-16-34(4)26-39-28-44(51)53-48-39)18-20-41-35(5)17-12-23-47(41,9)30-37-22-24-46(7,8)42(36(37)6)21-19-32(2)13-10-15-33(3)25-38-27-40(49)29-43(50)45(38)52/h10-11,13-16,18-21,25-27,29,37,50H,12,17,22-24,28,30H2,1-9H3/b15-10+,16-11+,20-18+,21-19+,31-14+,32-13+,33-25+,34-26+. The predicted octanol–water partition coefficient (Wildman–Crippen LogP) is 11.5. The van der Waals surface area contributed by atoms with Crippen LogP contribution >= 0.6 is 0 Å². The second kappa shape index (κ2) is 17.8. The lowest BCUT2D eigenvalue weighted by Gasteiger charge is -2.43. The lowest BCUT2D eigenvalue weighted by molar-refractivity contribution is -0.140. The van der Waals surface area contributed by atoms with Gasteiger partial charge in [0.1, 0.15) is 0 Å². The van der Waals surface area contributed by atoms with Crippen molar-refractivity contribution in [3.63, 3.8) is 0 Å². The van der Waals surface area contributed by atoms with Gasteiger partial charge in [-0.25, -0.2) is 4.79 Å². The van der Waals surface area contributed by atoms with Crippen LogP contribution in [0.4, 0.5) is 0 Å². The summed E-state index contributed by atoms with van der Waals surface area (Å²) in [7, 11) is 0. The smallest absolute Gasteiger partial charge is 0.341 e. The first-order valence-corrected chi connectivity index (χ1v) is 18.8. The van der Waals surface area contributed by atoms with E-state index in [9.17, 15) is 19.5 Å². The second-order valence-electron chi connectivity index (χ2n) is 16.1. The minimum absolute atomic E-state index is 0.0882. The van der Waals surface area contributed by atoms with E-state index in [1.54, 1.807) is 6.08 Å². The number of ketones is 2. The van der Waals surface area contributed by atoms with E-state index in [4.69, 9.17) is 0 Å². The van der Waals surface area contributed by atoms with Gasteiger partial charge in [-0.05, 0) is 132 Å². The van der Waals surface area contributed by atoms with Crippen molar-refractivity contribution in [2.75, 3.05) is 0 Å². The van der Waals surface area contributed by atoms with E-state index in [1.807, 2.05) is 50.3 Å². The maximum Gasteiger partial charge on any atom is 0.341 e. The van der Waals surface area contributed by atoms with E-state index >= 15 is 0 Å². The van der Waals surface area contributed by atoms with Crippen molar-refractivity contribution in [2.45, 2.75) is 107 Å². The van der Waals surface area contributed by atoms with Gasteiger partial charge in [0.05, 0.1) is 12.1 Å². The summed E-state index contributed by atoms with van der Waals surface area (Å²) in [5.41, 5.74) is 11.0. The molecule has 1 N–H and O–H groups in total. The van der Waals surface area contributed by atoms with Gasteiger partial charge in [0.25, 0.3) is 0 Å². The van der Waals surface area contributed by atoms with Gasteiger partial charge in [0.15, 0.2) is 11.5 Å². The minimum Gasteiger partial charge on any atom is -0.504 e. The van der Waals surface area contributed by atoms with Gasteiger partial charge in [-0.1, -0.05) is 115 Å². The van der Waals surface area contributed by atoms with Crippen molar-refractivity contribution < 1.29 is 24.3 Å². The number of rotatable bonds is 12. The topological polar surface area (TPSA) is 93.0 Å². The SMILES string of the molecule is CC1=C(/C=C/C(C)=C/C=C/C(C)=C/C2=NOC(=O)C2)C(C)(CC2CCC(C)(C)C(/C=C/C(C)=C/C=C/C(C)=C/C3=CC(=O)C=C(O)C3=O)=C2C)CCC1. The maximum absolute atomic E-state index is 12.2. The third-order valence-electron chi connectivity index (χ3n) is 10.9. The first-order chi connectivity index (χ1) is 25.0. The second-order valence-corrected chi connectivity index (χ2v) is 16.1. The molecule has 0 fully saturated rings. The molecular formula is C47H57NO5. The van der Waals surface area contributed by atoms with Crippen LogP contribution in [-0.4, -0.2) is 28.4 Å². The quantitative estimate of drug-likeness (QED) is 0.123. The molecule has 2 atom stereocenters. The van der Waals surface area contributed by atoms with Crippen molar-refractivity contribution in [3.8, 4) is 0 Å². The molecule has 6 heteroatoms. The van der Waals surface area contributed by atoms with Gasteiger partial charge in [-0.3, -0.25) is 9.59 Å². The molecule has 0 bridgehead atoms. The van der Waals surface area contributed by atoms with Crippen LogP contribution in [0.3, 0.4) is 0 Å². The monoisotopic (exact) mass is 715 g/mol. The van der Waals surface area contributed by atoms with Crippen molar-refractivity contribution in [3.05, 3.63) is 141 Å². The van der Waals surface area contributed by atoms with E-state index in [0.29, 0.717) is 11.6 Å². The van der Waals surface area contributed by atoms with E-state index < -0.39 is 17.3 Å². The number of aliphatic hydroxyl groups excluding tert-OH is 1. The lowest BCUT2D eigenvalue weighted by Crippen LogP contribution is -2.31. The maximum atomic E-state index is 12.2. The molecular weight excluding hydrogens is 659 g/mol. The van der Waals surface area contributed by atoms with Gasteiger partial charge in [0.2, 0.25) is 5.78 Å². The number of hydrogen-bond donors (Lipinski definition) is 1. The number of carbonyl (C=O) groups excluding carboxylic acids is 3. The Labute approximate surface area is 316 Å². The molecule has 0 aromatic rings. The summed E-state index contributed by atoms with van der Waals surface area (Å²) in [4.78, 5) is 39.9. The molecule has 0 amide bonds. The molecule has 1 heterocycles. The molecule has 0 spiro atoms. The van der Waals surface area contributed by atoms with Crippen LogP contribution in [0.15, 0.2) is 146 Å². The molecule has 1 aliphatic heterocycles. The average Bonchev–Trinajstić information content (AvgIpc) is 3.48. The first kappa shape index (κ1) is 40.9. The Balaban J connectivity index is 1.46. The van der Waals surface area contributed by atoms with Crippen LogP contribution in [0.5, 0.6) is 0 Å². The summed E-state index contributed by atoms with van der Waals surface area (Å²) in [6.07, 6.45) is 34.1. The first-order valence-electron chi connectivity index (χ1n) is 18.8. The Morgan fingerprint density at radius 2 is 1.47 bits per heavy atom. The van der Waals surface area contributed by atoms with Gasteiger partial charge in [-0.2, -0.15) is 0 Å². The highest BCUT2D eigenvalue weighted by Gasteiger charge is 2.38. The zero-order valence-corrected chi connectivity index (χ0v) is 33.1. The molecule has 280 valence electrons. The van der Waals surface area contributed by atoms with Crippen molar-refractivity contribution in [2.24, 2.45) is 21.9 Å². The molecule has 4 rings (SSSR count). The third kappa shape index (κ3) is 11.3.